The molecule has 1 atom stereocenters. The molecular formula is C13H20N4O. The molecule has 0 radical (unpaired) electrons. The fourth-order valence-corrected chi connectivity index (χ4v) is 2.02. The zero-order valence-electron chi connectivity index (χ0n) is 10.9. The molecule has 0 saturated carbocycles. The van der Waals surface area contributed by atoms with Crippen LogP contribution in [0.3, 0.4) is 0 Å². The molecule has 5 nitrogen and oxygen atoms in total. The number of amides is 1. The number of hydrogen-bond donors (Lipinski definition) is 2. The van der Waals surface area contributed by atoms with Crippen LogP contribution in [-0.2, 0) is 4.79 Å². The number of carbonyl (C=O) groups is 1. The van der Waals surface area contributed by atoms with Gasteiger partial charge in [-0.2, -0.15) is 0 Å². The van der Waals surface area contributed by atoms with Crippen LogP contribution in [0, 0.1) is 6.92 Å². The van der Waals surface area contributed by atoms with Crippen LogP contribution < -0.4 is 10.6 Å². The van der Waals surface area contributed by atoms with Crippen LogP contribution in [0.25, 0.3) is 0 Å². The Balaban J connectivity index is 1.92. The first kappa shape index (κ1) is 13.0. The number of pyridine rings is 1. The molecule has 5 heteroatoms. The molecule has 98 valence electrons. The van der Waals surface area contributed by atoms with Crippen molar-refractivity contribution in [3.63, 3.8) is 0 Å². The lowest BCUT2D eigenvalue weighted by atomic mass is 10.2. The minimum atomic E-state index is -0.103. The Morgan fingerprint density at radius 2 is 2.17 bits per heavy atom. The van der Waals surface area contributed by atoms with E-state index in [9.17, 15) is 4.79 Å². The highest BCUT2D eigenvalue weighted by molar-refractivity contribution is 5.94. The van der Waals surface area contributed by atoms with Crippen molar-refractivity contribution in [1.82, 2.24) is 15.2 Å². The van der Waals surface area contributed by atoms with Gasteiger partial charge in [0.2, 0.25) is 5.91 Å². The van der Waals surface area contributed by atoms with Crippen LogP contribution in [0.4, 0.5) is 5.69 Å². The number of aryl methyl sites for hydroxylation is 1. The lowest BCUT2D eigenvalue weighted by Crippen LogP contribution is -2.51. The molecule has 1 amide bonds. The van der Waals surface area contributed by atoms with E-state index >= 15 is 0 Å². The van der Waals surface area contributed by atoms with Gasteiger partial charge in [-0.1, -0.05) is 0 Å². The topological polar surface area (TPSA) is 57.3 Å². The average Bonchev–Trinajstić information content (AvgIpc) is 2.41. The van der Waals surface area contributed by atoms with Gasteiger partial charge in [0.05, 0.1) is 17.9 Å². The van der Waals surface area contributed by atoms with Crippen molar-refractivity contribution >= 4 is 11.6 Å². The molecule has 0 aliphatic carbocycles. The highest BCUT2D eigenvalue weighted by atomic mass is 16.2. The Hall–Kier alpha value is -1.46. The number of nitrogens with zero attached hydrogens (tertiary/aromatic N) is 2. The molecule has 2 heterocycles. The Morgan fingerprint density at radius 1 is 1.44 bits per heavy atom. The molecule has 2 N–H and O–H groups in total. The fraction of sp³-hybridized carbons (Fsp3) is 0.538. The third kappa shape index (κ3) is 3.27. The van der Waals surface area contributed by atoms with Gasteiger partial charge in [0.25, 0.3) is 0 Å². The van der Waals surface area contributed by atoms with Crippen molar-refractivity contribution in [2.45, 2.75) is 19.9 Å². The molecule has 18 heavy (non-hydrogen) atoms. The molecule has 1 aromatic heterocycles. The molecule has 0 aromatic carbocycles. The van der Waals surface area contributed by atoms with E-state index in [4.69, 9.17) is 0 Å². The van der Waals surface area contributed by atoms with E-state index in [2.05, 4.69) is 20.5 Å². The van der Waals surface area contributed by atoms with Crippen molar-refractivity contribution in [2.24, 2.45) is 0 Å². The van der Waals surface area contributed by atoms with E-state index in [0.29, 0.717) is 0 Å². The Labute approximate surface area is 108 Å². The molecule has 1 aromatic rings. The molecule has 0 bridgehead atoms. The molecule has 2 rings (SSSR count). The van der Waals surface area contributed by atoms with Gasteiger partial charge in [0.1, 0.15) is 0 Å². The molecule has 1 aliphatic heterocycles. The van der Waals surface area contributed by atoms with Gasteiger partial charge in [-0.05, 0) is 26.0 Å². The van der Waals surface area contributed by atoms with Gasteiger partial charge in [0.15, 0.2) is 0 Å². The van der Waals surface area contributed by atoms with Crippen LogP contribution in [-0.4, -0.2) is 48.0 Å². The summed E-state index contributed by atoms with van der Waals surface area (Å²) in [6.07, 6.45) is 1.69. The number of piperazine rings is 1. The van der Waals surface area contributed by atoms with Gasteiger partial charge >= 0.3 is 0 Å². The third-order valence-corrected chi connectivity index (χ3v) is 3.26. The first-order valence-corrected chi connectivity index (χ1v) is 6.35. The monoisotopic (exact) mass is 248 g/mol. The summed E-state index contributed by atoms with van der Waals surface area (Å²) in [7, 11) is 0. The summed E-state index contributed by atoms with van der Waals surface area (Å²) in [6, 6.07) is 3.67. The van der Waals surface area contributed by atoms with Crippen molar-refractivity contribution in [1.29, 1.82) is 0 Å². The molecule has 1 aliphatic rings. The second-order valence-corrected chi connectivity index (χ2v) is 4.64. The number of rotatable bonds is 3. The van der Waals surface area contributed by atoms with Gasteiger partial charge in [-0.15, -0.1) is 0 Å². The summed E-state index contributed by atoms with van der Waals surface area (Å²) >= 11 is 0. The van der Waals surface area contributed by atoms with Crippen LogP contribution in [0.15, 0.2) is 18.3 Å². The number of nitrogens with one attached hydrogen (secondary N) is 2. The lowest BCUT2D eigenvalue weighted by molar-refractivity contribution is -0.120. The van der Waals surface area contributed by atoms with Crippen LogP contribution >= 0.6 is 0 Å². The number of anilines is 1. The SMILES string of the molecule is Cc1ccc(NC(=O)C(C)N2CCNCC2)cn1. The molecule has 1 saturated heterocycles. The normalized spacial score (nSPS) is 18.3. The second-order valence-electron chi connectivity index (χ2n) is 4.64. The maximum atomic E-state index is 12.1. The van der Waals surface area contributed by atoms with Gasteiger partial charge in [-0.3, -0.25) is 14.7 Å². The summed E-state index contributed by atoms with van der Waals surface area (Å²) in [6.45, 7) is 7.60. The summed E-state index contributed by atoms with van der Waals surface area (Å²) in [5.41, 5.74) is 1.70. The van der Waals surface area contributed by atoms with E-state index in [1.807, 2.05) is 26.0 Å². The van der Waals surface area contributed by atoms with Crippen LogP contribution in [0.2, 0.25) is 0 Å². The largest absolute Gasteiger partial charge is 0.323 e. The summed E-state index contributed by atoms with van der Waals surface area (Å²) < 4.78 is 0. The van der Waals surface area contributed by atoms with Crippen molar-refractivity contribution in [3.05, 3.63) is 24.0 Å². The zero-order valence-corrected chi connectivity index (χ0v) is 10.9. The maximum Gasteiger partial charge on any atom is 0.241 e. The molecule has 1 unspecified atom stereocenters. The minimum Gasteiger partial charge on any atom is -0.323 e. The number of hydrogen-bond acceptors (Lipinski definition) is 4. The highest BCUT2D eigenvalue weighted by Crippen LogP contribution is 2.08. The van der Waals surface area contributed by atoms with E-state index < -0.39 is 0 Å². The number of carbonyl (C=O) groups excluding carboxylic acids is 1. The van der Waals surface area contributed by atoms with Gasteiger partial charge in [-0.25, -0.2) is 0 Å². The van der Waals surface area contributed by atoms with E-state index in [1.54, 1.807) is 6.20 Å². The quantitative estimate of drug-likeness (QED) is 0.823. The Kier molecular flexibility index (Phi) is 4.28. The molecule has 0 spiro atoms. The van der Waals surface area contributed by atoms with E-state index in [-0.39, 0.29) is 11.9 Å². The smallest absolute Gasteiger partial charge is 0.241 e. The van der Waals surface area contributed by atoms with Crippen molar-refractivity contribution in [2.75, 3.05) is 31.5 Å². The van der Waals surface area contributed by atoms with Crippen LogP contribution in [0.5, 0.6) is 0 Å². The summed E-state index contributed by atoms with van der Waals surface area (Å²) in [5, 5.41) is 6.18. The Bertz CT molecular complexity index is 398. The van der Waals surface area contributed by atoms with Crippen molar-refractivity contribution in [3.8, 4) is 0 Å². The van der Waals surface area contributed by atoms with Gasteiger partial charge in [0, 0.05) is 31.9 Å². The summed E-state index contributed by atoms with van der Waals surface area (Å²) in [4.78, 5) is 18.4. The first-order valence-electron chi connectivity index (χ1n) is 6.35. The standard InChI is InChI=1S/C13H20N4O/c1-10-3-4-12(9-15-10)16-13(18)11(2)17-7-5-14-6-8-17/h3-4,9,11,14H,5-8H2,1-2H3,(H,16,18). The Morgan fingerprint density at radius 3 is 2.78 bits per heavy atom. The summed E-state index contributed by atoms with van der Waals surface area (Å²) in [5.74, 6) is 0.0301. The fourth-order valence-electron chi connectivity index (χ4n) is 2.02. The number of aromatic nitrogens is 1. The highest BCUT2D eigenvalue weighted by Gasteiger charge is 2.22. The van der Waals surface area contributed by atoms with E-state index in [1.165, 1.54) is 0 Å². The van der Waals surface area contributed by atoms with Crippen molar-refractivity contribution < 1.29 is 4.79 Å². The first-order chi connectivity index (χ1) is 8.66. The second kappa shape index (κ2) is 5.93. The maximum absolute atomic E-state index is 12.1. The predicted octanol–water partition coefficient (Wildman–Crippen LogP) is 0.622. The van der Waals surface area contributed by atoms with Gasteiger partial charge < -0.3 is 10.6 Å². The van der Waals surface area contributed by atoms with E-state index in [0.717, 1.165) is 37.6 Å². The molecular weight excluding hydrogens is 228 g/mol. The molecule has 1 fully saturated rings. The zero-order chi connectivity index (χ0) is 13.0. The van der Waals surface area contributed by atoms with Crippen LogP contribution in [0.1, 0.15) is 12.6 Å². The predicted molar refractivity (Wildman–Crippen MR) is 71.5 cm³/mol. The average molecular weight is 248 g/mol. The lowest BCUT2D eigenvalue weighted by Gasteiger charge is -2.31. The third-order valence-electron chi connectivity index (χ3n) is 3.26. The minimum absolute atomic E-state index is 0.0301.